The number of anilines is 1. The van der Waals surface area contributed by atoms with Gasteiger partial charge in [-0.1, -0.05) is 48.6 Å². The number of hydrogen-bond acceptors (Lipinski definition) is 6. The molecule has 1 fully saturated rings. The van der Waals surface area contributed by atoms with Crippen LogP contribution in [0.1, 0.15) is 44.6 Å². The number of thiazole rings is 1. The molecule has 0 saturated heterocycles. The van der Waals surface area contributed by atoms with Gasteiger partial charge >= 0.3 is 12.0 Å². The third kappa shape index (κ3) is 8.11. The second-order valence-electron chi connectivity index (χ2n) is 8.10. The largest absolute Gasteiger partial charge is 0.481 e. The van der Waals surface area contributed by atoms with Gasteiger partial charge in [0.2, 0.25) is 0 Å². The highest BCUT2D eigenvalue weighted by molar-refractivity contribution is 8.01. The summed E-state index contributed by atoms with van der Waals surface area (Å²) in [7, 11) is 0. The van der Waals surface area contributed by atoms with Gasteiger partial charge in [0, 0.05) is 19.2 Å². The molecule has 1 aliphatic carbocycles. The van der Waals surface area contributed by atoms with Gasteiger partial charge in [-0.2, -0.15) is 0 Å². The highest BCUT2D eigenvalue weighted by Crippen LogP contribution is 2.30. The maximum atomic E-state index is 13.1. The Morgan fingerprint density at radius 1 is 1.25 bits per heavy atom. The number of aliphatic carboxylic acids is 1. The maximum Gasteiger partial charge on any atom is 0.323 e. The van der Waals surface area contributed by atoms with Crippen LogP contribution in [-0.2, 0) is 16.1 Å². The molecule has 7 nitrogen and oxygen atoms in total. The van der Waals surface area contributed by atoms with Crippen molar-refractivity contribution in [3.63, 3.8) is 0 Å². The van der Waals surface area contributed by atoms with Crippen molar-refractivity contribution in [1.82, 2.24) is 9.88 Å². The van der Waals surface area contributed by atoms with E-state index < -0.39 is 5.97 Å². The first kappa shape index (κ1) is 24.5. The molecule has 3 rings (SSSR count). The number of ether oxygens (including phenoxy) is 1. The Labute approximate surface area is 197 Å². The zero-order valence-electron chi connectivity index (χ0n) is 18.4. The second-order valence-corrected chi connectivity index (χ2v) is 10.4. The monoisotopic (exact) mass is 477 g/mol. The van der Waals surface area contributed by atoms with Gasteiger partial charge in [0.1, 0.15) is 0 Å². The van der Waals surface area contributed by atoms with Crippen molar-refractivity contribution in [3.8, 4) is 0 Å². The minimum Gasteiger partial charge on any atom is -0.481 e. The minimum atomic E-state index is -0.874. The van der Waals surface area contributed by atoms with Gasteiger partial charge in [0.15, 0.2) is 5.13 Å². The van der Waals surface area contributed by atoms with Crippen LogP contribution in [0.15, 0.2) is 40.7 Å². The molecule has 174 valence electrons. The Morgan fingerprint density at radius 2 is 2.00 bits per heavy atom. The van der Waals surface area contributed by atoms with Crippen molar-refractivity contribution < 1.29 is 19.4 Å². The highest BCUT2D eigenvalue weighted by atomic mass is 32.2. The van der Waals surface area contributed by atoms with Gasteiger partial charge in [-0.05, 0) is 43.6 Å². The van der Waals surface area contributed by atoms with Crippen LogP contribution in [0.2, 0.25) is 0 Å². The number of thioether (sulfide) groups is 1. The van der Waals surface area contributed by atoms with E-state index in [4.69, 9.17) is 9.84 Å². The van der Waals surface area contributed by atoms with E-state index in [2.05, 4.69) is 17.2 Å². The minimum absolute atomic E-state index is 0.0229. The highest BCUT2D eigenvalue weighted by Gasteiger charge is 2.27. The van der Waals surface area contributed by atoms with Crippen molar-refractivity contribution in [2.24, 2.45) is 5.92 Å². The molecule has 0 spiro atoms. The molecule has 1 heterocycles. The first-order valence-electron chi connectivity index (χ1n) is 11.0. The van der Waals surface area contributed by atoms with Crippen LogP contribution in [0.25, 0.3) is 0 Å². The molecule has 0 atom stereocenters. The zero-order valence-corrected chi connectivity index (χ0v) is 20.0. The number of hydrogen-bond donors (Lipinski definition) is 2. The van der Waals surface area contributed by atoms with Gasteiger partial charge in [-0.25, -0.2) is 9.78 Å². The average molecular weight is 478 g/mol. The summed E-state index contributed by atoms with van der Waals surface area (Å²) >= 11 is 2.51. The third-order valence-corrected chi connectivity index (χ3v) is 7.61. The average Bonchev–Trinajstić information content (AvgIpc) is 3.23. The van der Waals surface area contributed by atoms with Crippen LogP contribution >= 0.6 is 23.1 Å². The number of carbonyl (C=O) groups is 2. The fourth-order valence-corrected chi connectivity index (χ4v) is 5.37. The Hall–Kier alpha value is -2.10. The summed E-state index contributed by atoms with van der Waals surface area (Å²) < 4.78 is 6.58. The number of nitrogens with one attached hydrogen (secondary N) is 1. The molecule has 0 radical (unpaired) electrons. The molecule has 1 aliphatic rings. The van der Waals surface area contributed by atoms with Crippen molar-refractivity contribution >= 4 is 40.2 Å². The maximum absolute atomic E-state index is 13.1. The van der Waals surface area contributed by atoms with E-state index in [1.807, 2.05) is 35.2 Å². The van der Waals surface area contributed by atoms with E-state index in [-0.39, 0.29) is 17.8 Å². The number of urea groups is 1. The number of carboxylic acids is 1. The van der Waals surface area contributed by atoms with E-state index in [9.17, 15) is 9.59 Å². The summed E-state index contributed by atoms with van der Waals surface area (Å²) in [4.78, 5) is 30.0. The Morgan fingerprint density at radius 3 is 2.72 bits per heavy atom. The molecule has 9 heteroatoms. The summed E-state index contributed by atoms with van der Waals surface area (Å²) in [5.41, 5.74) is 1.14. The van der Waals surface area contributed by atoms with E-state index in [0.29, 0.717) is 30.8 Å². The van der Waals surface area contributed by atoms with Gasteiger partial charge in [-0.3, -0.25) is 10.1 Å². The molecule has 2 N–H and O–H groups in total. The molecule has 2 amide bonds. The lowest BCUT2D eigenvalue weighted by Gasteiger charge is -2.36. The normalized spacial score (nSPS) is 18.3. The van der Waals surface area contributed by atoms with Gasteiger partial charge in [0.05, 0.1) is 22.8 Å². The van der Waals surface area contributed by atoms with Crippen LogP contribution in [0.4, 0.5) is 9.93 Å². The fraction of sp³-hybridized carbons (Fsp3) is 0.522. The Kier molecular flexibility index (Phi) is 9.83. The molecule has 1 aromatic heterocycles. The third-order valence-electron chi connectivity index (χ3n) is 5.52. The molecule has 1 saturated carbocycles. The van der Waals surface area contributed by atoms with Gasteiger partial charge in [-0.15, -0.1) is 11.8 Å². The Bertz CT molecular complexity index is 854. The number of nitrogens with zero attached hydrogens (tertiary/aromatic N) is 2. The molecule has 0 aliphatic heterocycles. The standard InChI is InChI=1S/C23H31N3O4S2/c1-17-8-10-19(11-9-17)26(12-5-13-30-15-18-6-3-2-4-7-18)23(29)25-22-24-14-21(32-22)31-16-20(27)28/h2-4,6-7,14,17,19H,5,8-13,15-16H2,1H3,(H,27,28)(H,24,25,29)/t17-,19-. The number of rotatable bonds is 11. The number of amides is 2. The van der Waals surface area contributed by atoms with Gasteiger partial charge < -0.3 is 14.7 Å². The zero-order chi connectivity index (χ0) is 22.8. The van der Waals surface area contributed by atoms with Crippen molar-refractivity contribution in [2.75, 3.05) is 24.2 Å². The van der Waals surface area contributed by atoms with Crippen molar-refractivity contribution in [3.05, 3.63) is 42.1 Å². The number of aromatic nitrogens is 1. The first-order valence-corrected chi connectivity index (χ1v) is 12.8. The van der Waals surface area contributed by atoms with Crippen molar-refractivity contribution in [1.29, 1.82) is 0 Å². The Balaban J connectivity index is 1.52. The van der Waals surface area contributed by atoms with Crippen LogP contribution < -0.4 is 5.32 Å². The molecule has 0 bridgehead atoms. The lowest BCUT2D eigenvalue weighted by Crippen LogP contribution is -2.45. The fourth-order valence-electron chi connectivity index (χ4n) is 3.79. The summed E-state index contributed by atoms with van der Waals surface area (Å²) in [6, 6.07) is 10.2. The molecule has 1 aromatic carbocycles. The summed E-state index contributed by atoms with van der Waals surface area (Å²) in [5.74, 6) is -0.190. The van der Waals surface area contributed by atoms with E-state index in [0.717, 1.165) is 41.9 Å². The SMILES string of the molecule is C[C@H]1CC[C@H](N(CCCOCc2ccccc2)C(=O)Nc2ncc(SCC(=O)O)s2)CC1. The lowest BCUT2D eigenvalue weighted by molar-refractivity contribution is -0.133. The molecular weight excluding hydrogens is 446 g/mol. The van der Waals surface area contributed by atoms with Gasteiger partial charge in [0.25, 0.3) is 0 Å². The van der Waals surface area contributed by atoms with Crippen LogP contribution in [0.5, 0.6) is 0 Å². The number of carboxylic acid groups (broad SMARTS) is 1. The van der Waals surface area contributed by atoms with E-state index in [1.165, 1.54) is 23.1 Å². The first-order chi connectivity index (χ1) is 15.5. The summed E-state index contributed by atoms with van der Waals surface area (Å²) in [6.45, 7) is 4.06. The quantitative estimate of drug-likeness (QED) is 0.335. The van der Waals surface area contributed by atoms with E-state index >= 15 is 0 Å². The predicted octanol–water partition coefficient (Wildman–Crippen LogP) is 5.34. The molecule has 32 heavy (non-hydrogen) atoms. The molecular formula is C23H31N3O4S2. The molecule has 0 unspecified atom stereocenters. The summed E-state index contributed by atoms with van der Waals surface area (Å²) in [6.07, 6.45) is 6.66. The number of carbonyl (C=O) groups excluding carboxylic acids is 1. The summed E-state index contributed by atoms with van der Waals surface area (Å²) in [5, 5.41) is 12.2. The van der Waals surface area contributed by atoms with Crippen molar-refractivity contribution in [2.45, 2.75) is 55.9 Å². The van der Waals surface area contributed by atoms with Crippen LogP contribution in [0.3, 0.4) is 0 Å². The van der Waals surface area contributed by atoms with E-state index in [1.54, 1.807) is 6.20 Å². The lowest BCUT2D eigenvalue weighted by atomic mass is 9.86. The predicted molar refractivity (Wildman–Crippen MR) is 128 cm³/mol. The second kappa shape index (κ2) is 12.8. The smallest absolute Gasteiger partial charge is 0.323 e. The topological polar surface area (TPSA) is 91.8 Å². The van der Waals surface area contributed by atoms with Crippen LogP contribution in [-0.4, -0.2) is 51.9 Å². The number of benzene rings is 1. The van der Waals surface area contributed by atoms with Crippen LogP contribution in [0, 0.1) is 5.92 Å². The molecule has 2 aromatic rings.